The maximum absolute atomic E-state index is 13.4. The van der Waals surface area contributed by atoms with Crippen LogP contribution in [0, 0.1) is 5.82 Å². The van der Waals surface area contributed by atoms with Crippen molar-refractivity contribution in [1.29, 1.82) is 0 Å². The third-order valence-electron chi connectivity index (χ3n) is 2.65. The fraction of sp³-hybridized carbons (Fsp3) is 0.500. The average molecular weight is 274 g/mol. The van der Waals surface area contributed by atoms with Gasteiger partial charge in [0.2, 0.25) is 0 Å². The Labute approximate surface area is 99.2 Å². The molecule has 1 rings (SSSR count). The summed E-state index contributed by atoms with van der Waals surface area (Å²) >= 11 is 3.34. The van der Waals surface area contributed by atoms with Crippen LogP contribution >= 0.6 is 15.9 Å². The number of rotatable bonds is 4. The molecule has 0 amide bonds. The molecule has 84 valence electrons. The molecule has 0 radical (unpaired) electrons. The summed E-state index contributed by atoms with van der Waals surface area (Å²) in [6, 6.07) is 5.01. The number of hydrogen-bond donors (Lipinski definition) is 1. The van der Waals surface area contributed by atoms with Crippen molar-refractivity contribution >= 4 is 15.9 Å². The van der Waals surface area contributed by atoms with Gasteiger partial charge in [-0.05, 0) is 38.5 Å². The molecule has 0 unspecified atom stereocenters. The largest absolute Gasteiger partial charge is 0.308 e. The molecule has 1 aromatic carbocycles. The van der Waals surface area contributed by atoms with E-state index in [2.05, 4.69) is 42.0 Å². The van der Waals surface area contributed by atoms with Crippen LogP contribution in [0.3, 0.4) is 0 Å². The molecule has 1 nitrogen and oxygen atoms in total. The smallest absolute Gasteiger partial charge is 0.127 e. The summed E-state index contributed by atoms with van der Waals surface area (Å²) in [5, 5.41) is 3.33. The van der Waals surface area contributed by atoms with Gasteiger partial charge in [0.1, 0.15) is 5.82 Å². The van der Waals surface area contributed by atoms with Gasteiger partial charge in [0, 0.05) is 22.1 Å². The van der Waals surface area contributed by atoms with E-state index in [1.807, 2.05) is 6.07 Å². The number of nitrogens with one attached hydrogen (secondary N) is 1. The lowest BCUT2D eigenvalue weighted by Gasteiger charge is -2.24. The third kappa shape index (κ3) is 3.92. The van der Waals surface area contributed by atoms with E-state index in [0.29, 0.717) is 12.1 Å². The van der Waals surface area contributed by atoms with Gasteiger partial charge >= 0.3 is 0 Å². The normalized spacial score (nSPS) is 11.8. The van der Waals surface area contributed by atoms with E-state index in [0.717, 1.165) is 10.9 Å². The van der Waals surface area contributed by atoms with Crippen LogP contribution in [-0.4, -0.2) is 5.54 Å². The fourth-order valence-corrected chi connectivity index (χ4v) is 1.55. The summed E-state index contributed by atoms with van der Waals surface area (Å²) in [7, 11) is 0. The summed E-state index contributed by atoms with van der Waals surface area (Å²) < 4.78 is 14.3. The molecular weight excluding hydrogens is 257 g/mol. The lowest BCUT2D eigenvalue weighted by atomic mass is 10.0. The molecule has 0 atom stereocenters. The molecule has 0 bridgehead atoms. The van der Waals surface area contributed by atoms with E-state index in [-0.39, 0.29) is 11.4 Å². The van der Waals surface area contributed by atoms with Crippen LogP contribution in [0.5, 0.6) is 0 Å². The highest BCUT2D eigenvalue weighted by molar-refractivity contribution is 9.10. The molecule has 1 N–H and O–H groups in total. The van der Waals surface area contributed by atoms with Crippen molar-refractivity contribution in [2.45, 2.75) is 39.3 Å². The Hall–Kier alpha value is -0.410. The Bertz CT molecular complexity index is 336. The minimum atomic E-state index is -0.155. The van der Waals surface area contributed by atoms with E-state index in [4.69, 9.17) is 0 Å². The van der Waals surface area contributed by atoms with Crippen LogP contribution in [0.4, 0.5) is 4.39 Å². The highest BCUT2D eigenvalue weighted by Crippen LogP contribution is 2.16. The van der Waals surface area contributed by atoms with Crippen molar-refractivity contribution in [2.24, 2.45) is 0 Å². The molecule has 0 heterocycles. The predicted molar refractivity (Wildman–Crippen MR) is 65.3 cm³/mol. The molecule has 1 aromatic rings. The first kappa shape index (κ1) is 12.7. The van der Waals surface area contributed by atoms with Crippen LogP contribution in [0.15, 0.2) is 22.7 Å². The van der Waals surface area contributed by atoms with E-state index >= 15 is 0 Å². The number of hydrogen-bond acceptors (Lipinski definition) is 1. The maximum Gasteiger partial charge on any atom is 0.127 e. The molecule has 0 aliphatic carbocycles. The average Bonchev–Trinajstić information content (AvgIpc) is 2.20. The summed E-state index contributed by atoms with van der Waals surface area (Å²) in [5.74, 6) is -0.155. The Balaban J connectivity index is 2.69. The summed E-state index contributed by atoms with van der Waals surface area (Å²) in [6.07, 6.45) is 1.02. The lowest BCUT2D eigenvalue weighted by Crippen LogP contribution is -2.38. The molecular formula is C12H17BrFN. The molecule has 0 saturated heterocycles. The molecule has 3 heteroatoms. The van der Waals surface area contributed by atoms with Crippen molar-refractivity contribution in [1.82, 2.24) is 5.32 Å². The number of halogens is 2. The first-order valence-corrected chi connectivity index (χ1v) is 5.93. The summed E-state index contributed by atoms with van der Waals surface area (Å²) in [6.45, 7) is 6.90. The second-order valence-corrected chi connectivity index (χ2v) is 5.24. The molecule has 0 saturated carbocycles. The van der Waals surface area contributed by atoms with E-state index in [9.17, 15) is 4.39 Å². The van der Waals surface area contributed by atoms with Crippen LogP contribution < -0.4 is 5.32 Å². The zero-order valence-electron chi connectivity index (χ0n) is 9.40. The van der Waals surface area contributed by atoms with Crippen molar-refractivity contribution in [3.05, 3.63) is 34.1 Å². The monoisotopic (exact) mass is 273 g/mol. The minimum Gasteiger partial charge on any atom is -0.308 e. The van der Waals surface area contributed by atoms with Gasteiger partial charge in [-0.1, -0.05) is 22.9 Å². The maximum atomic E-state index is 13.4. The van der Waals surface area contributed by atoms with Crippen molar-refractivity contribution in [3.63, 3.8) is 0 Å². The molecule has 0 aliphatic rings. The van der Waals surface area contributed by atoms with Gasteiger partial charge in [-0.2, -0.15) is 0 Å². The van der Waals surface area contributed by atoms with Crippen molar-refractivity contribution in [3.8, 4) is 0 Å². The van der Waals surface area contributed by atoms with Gasteiger partial charge < -0.3 is 5.32 Å². The third-order valence-corrected chi connectivity index (χ3v) is 3.14. The highest BCUT2D eigenvalue weighted by atomic mass is 79.9. The minimum absolute atomic E-state index is 0.0504. The standard InChI is InChI=1S/C12H17BrFN/c1-4-12(2,3)15-8-9-7-10(13)5-6-11(9)14/h5-7,15H,4,8H2,1-3H3. The van der Waals surface area contributed by atoms with E-state index < -0.39 is 0 Å². The zero-order valence-corrected chi connectivity index (χ0v) is 11.0. The first-order valence-electron chi connectivity index (χ1n) is 5.13. The van der Waals surface area contributed by atoms with Crippen molar-refractivity contribution in [2.75, 3.05) is 0 Å². The molecule has 0 aromatic heterocycles. The van der Waals surface area contributed by atoms with Crippen LogP contribution in [0.2, 0.25) is 0 Å². The Morgan fingerprint density at radius 1 is 1.40 bits per heavy atom. The van der Waals surface area contributed by atoms with Gasteiger partial charge in [0.05, 0.1) is 0 Å². The zero-order chi connectivity index (χ0) is 11.5. The van der Waals surface area contributed by atoms with Gasteiger partial charge in [0.25, 0.3) is 0 Å². The van der Waals surface area contributed by atoms with Gasteiger partial charge in [-0.15, -0.1) is 0 Å². The van der Waals surface area contributed by atoms with E-state index in [1.165, 1.54) is 6.07 Å². The summed E-state index contributed by atoms with van der Waals surface area (Å²) in [4.78, 5) is 0. The molecule has 0 spiro atoms. The molecule has 0 fully saturated rings. The van der Waals surface area contributed by atoms with Crippen LogP contribution in [0.25, 0.3) is 0 Å². The Morgan fingerprint density at radius 2 is 2.07 bits per heavy atom. The quantitative estimate of drug-likeness (QED) is 0.879. The lowest BCUT2D eigenvalue weighted by molar-refractivity contribution is 0.371. The topological polar surface area (TPSA) is 12.0 Å². The molecule has 15 heavy (non-hydrogen) atoms. The Morgan fingerprint density at radius 3 is 2.67 bits per heavy atom. The van der Waals surface area contributed by atoms with Gasteiger partial charge in [0.15, 0.2) is 0 Å². The highest BCUT2D eigenvalue weighted by Gasteiger charge is 2.14. The second kappa shape index (κ2) is 5.08. The van der Waals surface area contributed by atoms with Crippen molar-refractivity contribution < 1.29 is 4.39 Å². The van der Waals surface area contributed by atoms with Crippen LogP contribution in [0.1, 0.15) is 32.8 Å². The van der Waals surface area contributed by atoms with Gasteiger partial charge in [-0.25, -0.2) is 4.39 Å². The Kier molecular flexibility index (Phi) is 4.29. The van der Waals surface area contributed by atoms with E-state index in [1.54, 1.807) is 6.07 Å². The van der Waals surface area contributed by atoms with Gasteiger partial charge in [-0.3, -0.25) is 0 Å². The first-order chi connectivity index (χ1) is 6.94. The fourth-order valence-electron chi connectivity index (χ4n) is 1.14. The summed E-state index contributed by atoms with van der Waals surface area (Å²) in [5.41, 5.74) is 0.750. The van der Waals surface area contributed by atoms with Crippen LogP contribution in [-0.2, 0) is 6.54 Å². The second-order valence-electron chi connectivity index (χ2n) is 4.33. The number of benzene rings is 1. The predicted octanol–water partition coefficient (Wildman–Crippen LogP) is 3.87. The molecule has 0 aliphatic heterocycles. The SMILES string of the molecule is CCC(C)(C)NCc1cc(Br)ccc1F.